The minimum Gasteiger partial charge on any atom is -0.353 e. The predicted molar refractivity (Wildman–Crippen MR) is 58.9 cm³/mol. The van der Waals surface area contributed by atoms with Crippen LogP contribution in [0.1, 0.15) is 0 Å². The molecular weight excluding hydrogens is 234 g/mol. The molecule has 5 heteroatoms. The lowest BCUT2D eigenvalue weighted by Crippen LogP contribution is -1.94. The highest BCUT2D eigenvalue weighted by molar-refractivity contribution is 6.29. The van der Waals surface area contributed by atoms with Gasteiger partial charge < -0.3 is 5.32 Å². The van der Waals surface area contributed by atoms with E-state index >= 15 is 0 Å². The van der Waals surface area contributed by atoms with Gasteiger partial charge in [-0.25, -0.2) is 13.8 Å². The van der Waals surface area contributed by atoms with E-state index in [1.807, 2.05) is 0 Å². The summed E-state index contributed by atoms with van der Waals surface area (Å²) in [7, 11) is 0. The highest BCUT2D eigenvalue weighted by Crippen LogP contribution is 2.21. The van der Waals surface area contributed by atoms with Gasteiger partial charge in [0.25, 0.3) is 0 Å². The Hall–Kier alpha value is -1.68. The Morgan fingerprint density at radius 3 is 2.62 bits per heavy atom. The monoisotopic (exact) mass is 240 g/mol. The Morgan fingerprint density at radius 1 is 1.12 bits per heavy atom. The van der Waals surface area contributed by atoms with Crippen LogP contribution in [0.4, 0.5) is 20.2 Å². The molecule has 1 heterocycles. The third-order valence-electron chi connectivity index (χ3n) is 1.94. The number of hydrogen-bond acceptors (Lipinski definition) is 2. The molecule has 2 rings (SSSR count). The van der Waals surface area contributed by atoms with Crippen LogP contribution in [0.15, 0.2) is 36.5 Å². The molecule has 1 N–H and O–H groups in total. The quantitative estimate of drug-likeness (QED) is 0.809. The normalized spacial score (nSPS) is 10.2. The summed E-state index contributed by atoms with van der Waals surface area (Å²) in [5.74, 6) is -1.27. The molecule has 0 radical (unpaired) electrons. The Morgan fingerprint density at radius 2 is 1.94 bits per heavy atom. The Kier molecular flexibility index (Phi) is 3.01. The molecule has 2 aromatic rings. The molecule has 0 saturated carbocycles. The highest BCUT2D eigenvalue weighted by atomic mass is 35.5. The zero-order chi connectivity index (χ0) is 11.5. The van der Waals surface area contributed by atoms with Gasteiger partial charge in [0.15, 0.2) is 0 Å². The fraction of sp³-hybridized carbons (Fsp3) is 0. The SMILES string of the molecule is Fc1ccc(Nc2ccnc(Cl)c2)c(F)c1. The second kappa shape index (κ2) is 4.45. The van der Waals surface area contributed by atoms with Crippen molar-refractivity contribution in [2.45, 2.75) is 0 Å². The molecule has 82 valence electrons. The van der Waals surface area contributed by atoms with Crippen LogP contribution in [0, 0.1) is 11.6 Å². The Balaban J connectivity index is 2.27. The van der Waals surface area contributed by atoms with Gasteiger partial charge in [-0.05, 0) is 24.3 Å². The van der Waals surface area contributed by atoms with Crippen molar-refractivity contribution in [1.29, 1.82) is 0 Å². The largest absolute Gasteiger partial charge is 0.353 e. The summed E-state index contributed by atoms with van der Waals surface area (Å²) in [5, 5.41) is 3.07. The number of rotatable bonds is 2. The molecule has 0 aliphatic carbocycles. The van der Waals surface area contributed by atoms with Crippen LogP contribution >= 0.6 is 11.6 Å². The van der Waals surface area contributed by atoms with E-state index in [0.29, 0.717) is 10.8 Å². The fourth-order valence-electron chi connectivity index (χ4n) is 1.23. The van der Waals surface area contributed by atoms with Crippen LogP contribution in [0.2, 0.25) is 5.15 Å². The van der Waals surface area contributed by atoms with Gasteiger partial charge in [0, 0.05) is 18.0 Å². The van der Waals surface area contributed by atoms with E-state index in [1.165, 1.54) is 18.3 Å². The van der Waals surface area contributed by atoms with Gasteiger partial charge in [-0.3, -0.25) is 0 Å². The third kappa shape index (κ3) is 2.46. The van der Waals surface area contributed by atoms with Gasteiger partial charge in [-0.15, -0.1) is 0 Å². The molecule has 0 aliphatic rings. The molecule has 2 nitrogen and oxygen atoms in total. The summed E-state index contributed by atoms with van der Waals surface area (Å²) < 4.78 is 25.9. The smallest absolute Gasteiger partial charge is 0.149 e. The maximum atomic E-state index is 13.3. The van der Waals surface area contributed by atoms with Crippen molar-refractivity contribution >= 4 is 23.0 Å². The lowest BCUT2D eigenvalue weighted by Gasteiger charge is -2.07. The van der Waals surface area contributed by atoms with Gasteiger partial charge in [-0.1, -0.05) is 11.6 Å². The first-order chi connectivity index (χ1) is 7.65. The van der Waals surface area contributed by atoms with Crippen LogP contribution in [-0.2, 0) is 0 Å². The maximum absolute atomic E-state index is 13.3. The van der Waals surface area contributed by atoms with E-state index < -0.39 is 11.6 Å². The zero-order valence-corrected chi connectivity index (χ0v) is 8.80. The fourth-order valence-corrected chi connectivity index (χ4v) is 1.40. The average Bonchev–Trinajstić information content (AvgIpc) is 2.22. The number of aromatic nitrogens is 1. The topological polar surface area (TPSA) is 24.9 Å². The molecule has 0 atom stereocenters. The molecule has 0 bridgehead atoms. The van der Waals surface area contributed by atoms with E-state index in [2.05, 4.69) is 10.3 Å². The number of nitrogens with zero attached hydrogens (tertiary/aromatic N) is 1. The van der Waals surface area contributed by atoms with Gasteiger partial charge in [-0.2, -0.15) is 0 Å². The summed E-state index contributed by atoms with van der Waals surface area (Å²) in [6.07, 6.45) is 1.49. The van der Waals surface area contributed by atoms with E-state index in [-0.39, 0.29) is 5.69 Å². The van der Waals surface area contributed by atoms with Crippen LogP contribution in [0.25, 0.3) is 0 Å². The van der Waals surface area contributed by atoms with Crippen LogP contribution < -0.4 is 5.32 Å². The van der Waals surface area contributed by atoms with E-state index in [9.17, 15) is 8.78 Å². The molecule has 1 aromatic heterocycles. The second-order valence-corrected chi connectivity index (χ2v) is 3.50. The zero-order valence-electron chi connectivity index (χ0n) is 8.05. The van der Waals surface area contributed by atoms with Crippen LogP contribution in [-0.4, -0.2) is 4.98 Å². The maximum Gasteiger partial charge on any atom is 0.149 e. The van der Waals surface area contributed by atoms with E-state index in [1.54, 1.807) is 12.1 Å². The van der Waals surface area contributed by atoms with Crippen molar-refractivity contribution in [2.24, 2.45) is 0 Å². The first-order valence-electron chi connectivity index (χ1n) is 4.49. The molecule has 0 aliphatic heterocycles. The number of hydrogen-bond donors (Lipinski definition) is 1. The number of pyridine rings is 1. The molecule has 0 amide bonds. The lowest BCUT2D eigenvalue weighted by molar-refractivity contribution is 0.586. The van der Waals surface area contributed by atoms with Crippen molar-refractivity contribution < 1.29 is 8.78 Å². The molecular formula is C11H7ClF2N2. The molecule has 0 saturated heterocycles. The van der Waals surface area contributed by atoms with Crippen LogP contribution in [0.3, 0.4) is 0 Å². The van der Waals surface area contributed by atoms with Crippen molar-refractivity contribution in [2.75, 3.05) is 5.32 Å². The number of nitrogens with one attached hydrogen (secondary N) is 1. The number of halogens is 3. The summed E-state index contributed by atoms with van der Waals surface area (Å²) in [6.45, 7) is 0. The molecule has 0 fully saturated rings. The summed E-state index contributed by atoms with van der Waals surface area (Å²) in [6, 6.07) is 6.48. The van der Waals surface area contributed by atoms with Gasteiger partial charge >= 0.3 is 0 Å². The molecule has 1 aromatic carbocycles. The highest BCUT2D eigenvalue weighted by Gasteiger charge is 2.04. The summed E-state index contributed by atoms with van der Waals surface area (Å²) in [4.78, 5) is 3.79. The average molecular weight is 241 g/mol. The van der Waals surface area contributed by atoms with Crippen molar-refractivity contribution in [3.63, 3.8) is 0 Å². The van der Waals surface area contributed by atoms with E-state index in [0.717, 1.165) is 6.07 Å². The van der Waals surface area contributed by atoms with Crippen LogP contribution in [0.5, 0.6) is 0 Å². The molecule has 16 heavy (non-hydrogen) atoms. The minimum absolute atomic E-state index is 0.184. The number of benzene rings is 1. The Labute approximate surface area is 95.9 Å². The number of anilines is 2. The van der Waals surface area contributed by atoms with Gasteiger partial charge in [0.2, 0.25) is 0 Å². The van der Waals surface area contributed by atoms with Crippen molar-refractivity contribution in [1.82, 2.24) is 4.98 Å². The van der Waals surface area contributed by atoms with E-state index in [4.69, 9.17) is 11.6 Å². The Bertz CT molecular complexity index is 517. The second-order valence-electron chi connectivity index (χ2n) is 3.12. The van der Waals surface area contributed by atoms with Crippen molar-refractivity contribution in [3.05, 3.63) is 53.3 Å². The predicted octanol–water partition coefficient (Wildman–Crippen LogP) is 3.76. The van der Waals surface area contributed by atoms with Gasteiger partial charge in [0.05, 0.1) is 5.69 Å². The first-order valence-corrected chi connectivity index (χ1v) is 4.86. The third-order valence-corrected chi connectivity index (χ3v) is 2.14. The summed E-state index contributed by atoms with van der Waals surface area (Å²) >= 11 is 5.67. The molecule has 0 spiro atoms. The first kappa shape index (κ1) is 10.8. The standard InChI is InChI=1S/C11H7ClF2N2/c12-11-6-8(3-4-15-11)16-10-2-1-7(13)5-9(10)14/h1-6H,(H,15,16). The van der Waals surface area contributed by atoms with Gasteiger partial charge in [0.1, 0.15) is 16.8 Å². The van der Waals surface area contributed by atoms with Crippen molar-refractivity contribution in [3.8, 4) is 0 Å². The lowest BCUT2D eigenvalue weighted by atomic mass is 10.3. The minimum atomic E-state index is -0.659. The molecule has 0 unspecified atom stereocenters. The summed E-state index contributed by atoms with van der Waals surface area (Å²) in [5.41, 5.74) is 0.772.